The third-order valence-electron chi connectivity index (χ3n) is 3.63. The zero-order chi connectivity index (χ0) is 15.6. The van der Waals surface area contributed by atoms with Crippen LogP contribution in [0.1, 0.15) is 38.6 Å². The molecule has 1 aliphatic heterocycles. The summed E-state index contributed by atoms with van der Waals surface area (Å²) in [6, 6.07) is -0.824. The Morgan fingerprint density at radius 3 is 2.81 bits per heavy atom. The number of carbonyl (C=O) groups excluding carboxylic acids is 1. The molecule has 0 radical (unpaired) electrons. The number of carboxylic acid groups (broad SMARTS) is 1. The fourth-order valence-electron chi connectivity index (χ4n) is 2.62. The van der Waals surface area contributed by atoms with Gasteiger partial charge < -0.3 is 20.3 Å². The summed E-state index contributed by atoms with van der Waals surface area (Å²) in [6.45, 7) is 4.30. The number of nitrogens with zero attached hydrogens (tertiary/aromatic N) is 2. The van der Waals surface area contributed by atoms with Gasteiger partial charge in [-0.3, -0.25) is 4.79 Å². The molecule has 7 nitrogen and oxygen atoms in total. The van der Waals surface area contributed by atoms with Gasteiger partial charge in [-0.15, -0.1) is 0 Å². The smallest absolute Gasteiger partial charge is 0.405 e. The van der Waals surface area contributed by atoms with E-state index in [-0.39, 0.29) is 17.9 Å². The van der Waals surface area contributed by atoms with Gasteiger partial charge in [0.2, 0.25) is 5.91 Å². The number of H-pyrrole nitrogens is 1. The minimum atomic E-state index is -1.18. The van der Waals surface area contributed by atoms with Gasteiger partial charge in [0, 0.05) is 6.54 Å². The van der Waals surface area contributed by atoms with Gasteiger partial charge in [0.1, 0.15) is 11.9 Å². The summed E-state index contributed by atoms with van der Waals surface area (Å²) in [4.78, 5) is 32.7. The first-order valence-electron chi connectivity index (χ1n) is 6.90. The topological polar surface area (TPSA) is 98.3 Å². The Kier molecular flexibility index (Phi) is 5.07. The van der Waals surface area contributed by atoms with Crippen molar-refractivity contribution >= 4 is 34.6 Å². The first kappa shape index (κ1) is 16.1. The van der Waals surface area contributed by atoms with Crippen LogP contribution in [0.15, 0.2) is 6.20 Å². The van der Waals surface area contributed by atoms with Crippen LogP contribution in [0.3, 0.4) is 0 Å². The summed E-state index contributed by atoms with van der Waals surface area (Å²) in [5.41, 5.74) is 0. The highest BCUT2D eigenvalue weighted by atomic mass is 127. The number of imidazole rings is 1. The second-order valence-electron chi connectivity index (χ2n) is 5.48. The maximum atomic E-state index is 12.7. The minimum Gasteiger partial charge on any atom is -0.465 e. The highest BCUT2D eigenvalue weighted by Gasteiger charge is 2.37. The molecule has 116 valence electrons. The fourth-order valence-corrected chi connectivity index (χ4v) is 3.04. The monoisotopic (exact) mass is 406 g/mol. The van der Waals surface area contributed by atoms with Crippen LogP contribution in [0.5, 0.6) is 0 Å². The number of rotatable bonds is 4. The van der Waals surface area contributed by atoms with Crippen LogP contribution in [-0.2, 0) is 4.79 Å². The zero-order valence-corrected chi connectivity index (χ0v) is 14.1. The van der Waals surface area contributed by atoms with Crippen molar-refractivity contribution in [2.45, 2.75) is 38.8 Å². The largest absolute Gasteiger partial charge is 0.465 e. The molecule has 2 heterocycles. The predicted molar refractivity (Wildman–Crippen MR) is 84.8 cm³/mol. The Morgan fingerprint density at radius 2 is 2.29 bits per heavy atom. The molecule has 0 aliphatic carbocycles. The van der Waals surface area contributed by atoms with E-state index in [1.54, 1.807) is 11.1 Å². The summed E-state index contributed by atoms with van der Waals surface area (Å²) in [5.74, 6) is 0.482. The number of aromatic nitrogens is 2. The molecule has 0 saturated carbocycles. The van der Waals surface area contributed by atoms with Crippen molar-refractivity contribution in [2.75, 3.05) is 6.54 Å². The molecule has 1 saturated heterocycles. The first-order valence-corrected chi connectivity index (χ1v) is 7.98. The van der Waals surface area contributed by atoms with Gasteiger partial charge in [0.15, 0.2) is 0 Å². The summed E-state index contributed by atoms with van der Waals surface area (Å²) in [6.07, 6.45) is 2.29. The van der Waals surface area contributed by atoms with Crippen LogP contribution >= 0.6 is 22.6 Å². The van der Waals surface area contributed by atoms with E-state index in [0.717, 1.165) is 22.4 Å². The molecular formula is C13H19IN4O3. The molecule has 0 aromatic carbocycles. The van der Waals surface area contributed by atoms with Gasteiger partial charge in [-0.05, 0) is 41.4 Å². The van der Waals surface area contributed by atoms with E-state index in [4.69, 9.17) is 5.11 Å². The van der Waals surface area contributed by atoms with Crippen molar-refractivity contribution in [3.05, 3.63) is 15.7 Å². The second-order valence-corrected chi connectivity index (χ2v) is 6.64. The normalized spacial score (nSPS) is 19.8. The first-order chi connectivity index (χ1) is 9.90. The number of aromatic amines is 1. The third kappa shape index (κ3) is 3.66. The van der Waals surface area contributed by atoms with E-state index in [1.807, 2.05) is 13.8 Å². The lowest BCUT2D eigenvalue weighted by Crippen LogP contribution is -2.50. The molecule has 2 amide bonds. The summed E-state index contributed by atoms with van der Waals surface area (Å²) < 4.78 is 0.922. The Balaban J connectivity index is 2.17. The average Bonchev–Trinajstić information content (AvgIpc) is 3.02. The van der Waals surface area contributed by atoms with E-state index in [1.165, 1.54) is 0 Å². The molecule has 2 unspecified atom stereocenters. The molecule has 3 N–H and O–H groups in total. The molecule has 1 aromatic rings. The van der Waals surface area contributed by atoms with E-state index in [2.05, 4.69) is 37.9 Å². The van der Waals surface area contributed by atoms with Gasteiger partial charge >= 0.3 is 6.09 Å². The quantitative estimate of drug-likeness (QED) is 0.666. The highest BCUT2D eigenvalue weighted by Crippen LogP contribution is 2.31. The summed E-state index contributed by atoms with van der Waals surface area (Å²) in [7, 11) is 0. The number of amides is 2. The Labute approximate surface area is 136 Å². The van der Waals surface area contributed by atoms with Crippen molar-refractivity contribution in [1.82, 2.24) is 20.2 Å². The van der Waals surface area contributed by atoms with Crippen molar-refractivity contribution in [3.63, 3.8) is 0 Å². The zero-order valence-electron chi connectivity index (χ0n) is 12.0. The standard InChI is InChI=1S/C13H19IN4O3/c1-7(2)10(17-13(20)21)12(19)18-5-3-4-8(18)11-15-6-9(14)16-11/h6-8,10,17H,3-5H2,1-2H3,(H,15,16)(H,20,21). The Hall–Kier alpha value is -1.32. The SMILES string of the molecule is CC(C)C(NC(=O)O)C(=O)N1CCCC1c1ncc(I)[nH]1. The number of nitrogens with one attached hydrogen (secondary N) is 2. The number of hydrogen-bond acceptors (Lipinski definition) is 3. The van der Waals surface area contributed by atoms with Crippen LogP contribution in [0.4, 0.5) is 4.79 Å². The van der Waals surface area contributed by atoms with E-state index < -0.39 is 12.1 Å². The van der Waals surface area contributed by atoms with Crippen LogP contribution in [-0.4, -0.2) is 44.6 Å². The number of halogens is 1. The van der Waals surface area contributed by atoms with Crippen molar-refractivity contribution in [3.8, 4) is 0 Å². The van der Waals surface area contributed by atoms with Gasteiger partial charge in [0.25, 0.3) is 0 Å². The molecule has 2 atom stereocenters. The minimum absolute atomic E-state index is 0.0992. The number of likely N-dealkylation sites (tertiary alicyclic amines) is 1. The third-order valence-corrected chi connectivity index (χ3v) is 4.18. The maximum absolute atomic E-state index is 12.7. The second kappa shape index (κ2) is 6.63. The number of carbonyl (C=O) groups is 2. The van der Waals surface area contributed by atoms with Crippen molar-refractivity contribution < 1.29 is 14.7 Å². The van der Waals surface area contributed by atoms with Crippen LogP contribution in [0.2, 0.25) is 0 Å². The lowest BCUT2D eigenvalue weighted by molar-refractivity contribution is -0.135. The van der Waals surface area contributed by atoms with Crippen LogP contribution < -0.4 is 5.32 Å². The lowest BCUT2D eigenvalue weighted by Gasteiger charge is -2.29. The molecule has 1 aromatic heterocycles. The lowest BCUT2D eigenvalue weighted by atomic mass is 10.0. The fraction of sp³-hybridized carbons (Fsp3) is 0.615. The Bertz CT molecular complexity index is 531. The van der Waals surface area contributed by atoms with Gasteiger partial charge in [-0.1, -0.05) is 13.8 Å². The number of hydrogen-bond donors (Lipinski definition) is 3. The molecule has 21 heavy (non-hydrogen) atoms. The summed E-state index contributed by atoms with van der Waals surface area (Å²) in [5, 5.41) is 11.2. The van der Waals surface area contributed by atoms with Gasteiger partial charge in [0.05, 0.1) is 15.9 Å². The molecule has 1 aliphatic rings. The molecular weight excluding hydrogens is 387 g/mol. The van der Waals surface area contributed by atoms with Gasteiger partial charge in [-0.25, -0.2) is 9.78 Å². The predicted octanol–water partition coefficient (Wildman–Crippen LogP) is 1.97. The molecule has 0 spiro atoms. The molecule has 8 heteroatoms. The van der Waals surface area contributed by atoms with Crippen LogP contribution in [0.25, 0.3) is 0 Å². The Morgan fingerprint density at radius 1 is 1.57 bits per heavy atom. The summed E-state index contributed by atoms with van der Waals surface area (Å²) >= 11 is 2.14. The van der Waals surface area contributed by atoms with E-state index in [9.17, 15) is 9.59 Å². The molecule has 2 rings (SSSR count). The highest BCUT2D eigenvalue weighted by molar-refractivity contribution is 14.1. The van der Waals surface area contributed by atoms with Gasteiger partial charge in [-0.2, -0.15) is 0 Å². The molecule has 0 bridgehead atoms. The maximum Gasteiger partial charge on any atom is 0.405 e. The van der Waals surface area contributed by atoms with Crippen molar-refractivity contribution in [1.29, 1.82) is 0 Å². The van der Waals surface area contributed by atoms with Crippen LogP contribution in [0, 0.1) is 9.62 Å². The average molecular weight is 406 g/mol. The van der Waals surface area contributed by atoms with E-state index in [0.29, 0.717) is 6.54 Å². The van der Waals surface area contributed by atoms with Crippen molar-refractivity contribution in [2.24, 2.45) is 5.92 Å². The molecule has 1 fully saturated rings. The van der Waals surface area contributed by atoms with E-state index >= 15 is 0 Å².